The Morgan fingerprint density at radius 1 is 0.773 bits per heavy atom. The Hall–Kier alpha value is -4.43. The molecule has 0 unspecified atom stereocenters. The van der Waals surface area contributed by atoms with Crippen molar-refractivity contribution < 1.29 is 18.0 Å². The molecule has 7 nitrogen and oxygen atoms in total. The average Bonchev–Trinajstić information content (AvgIpc) is 3.04. The van der Waals surface area contributed by atoms with Crippen LogP contribution >= 0.6 is 0 Å². The summed E-state index contributed by atoms with van der Waals surface area (Å²) in [6.07, 6.45) is 2.01. The normalized spacial score (nSPS) is 11.9. The molecule has 44 heavy (non-hydrogen) atoms. The Bertz CT molecular complexity index is 1630. The van der Waals surface area contributed by atoms with Crippen molar-refractivity contribution in [2.45, 2.75) is 57.5 Å². The number of carbonyl (C=O) groups excluding carboxylic acids is 2. The topological polar surface area (TPSA) is 86.8 Å². The summed E-state index contributed by atoms with van der Waals surface area (Å²) < 4.78 is 29.5. The van der Waals surface area contributed by atoms with Gasteiger partial charge in [-0.15, -0.1) is 0 Å². The third-order valence-corrected chi connectivity index (χ3v) is 9.53. The molecule has 0 radical (unpaired) electrons. The smallest absolute Gasteiger partial charge is 0.264 e. The van der Waals surface area contributed by atoms with Crippen LogP contribution in [0, 0.1) is 13.8 Å². The minimum atomic E-state index is -4.13. The lowest BCUT2D eigenvalue weighted by molar-refractivity contribution is -0.140. The SMILES string of the molecule is CCCCNC(=O)[C@@H](Cc1ccccc1)N(Cc1ccccc1)C(=O)CN(c1cccc(C)c1C)S(=O)(=O)c1ccccc1. The maximum atomic E-state index is 14.5. The van der Waals surface area contributed by atoms with Crippen molar-refractivity contribution in [1.82, 2.24) is 10.2 Å². The molecule has 0 bridgehead atoms. The maximum absolute atomic E-state index is 14.5. The number of hydrogen-bond donors (Lipinski definition) is 1. The van der Waals surface area contributed by atoms with Crippen LogP contribution < -0.4 is 9.62 Å². The van der Waals surface area contributed by atoms with Crippen molar-refractivity contribution >= 4 is 27.5 Å². The molecule has 4 aromatic carbocycles. The van der Waals surface area contributed by atoms with Crippen LogP contribution in [0.1, 0.15) is 42.0 Å². The average molecular weight is 612 g/mol. The van der Waals surface area contributed by atoms with Gasteiger partial charge in [-0.2, -0.15) is 0 Å². The number of hydrogen-bond acceptors (Lipinski definition) is 4. The van der Waals surface area contributed by atoms with Gasteiger partial charge in [-0.3, -0.25) is 13.9 Å². The highest BCUT2D eigenvalue weighted by Gasteiger charge is 2.35. The summed E-state index contributed by atoms with van der Waals surface area (Å²) in [5.41, 5.74) is 3.82. The minimum absolute atomic E-state index is 0.0847. The van der Waals surface area contributed by atoms with Crippen LogP contribution in [0.3, 0.4) is 0 Å². The zero-order valence-electron chi connectivity index (χ0n) is 25.6. The van der Waals surface area contributed by atoms with E-state index in [9.17, 15) is 18.0 Å². The van der Waals surface area contributed by atoms with Gasteiger partial charge in [-0.1, -0.05) is 104 Å². The molecule has 0 saturated heterocycles. The van der Waals surface area contributed by atoms with E-state index in [1.54, 1.807) is 30.3 Å². The molecule has 0 fully saturated rings. The third-order valence-electron chi connectivity index (χ3n) is 7.75. The summed E-state index contributed by atoms with van der Waals surface area (Å²) in [4.78, 5) is 29.9. The number of carbonyl (C=O) groups is 2. The molecular formula is C36H41N3O4S. The molecule has 230 valence electrons. The molecule has 4 aromatic rings. The Kier molecular flexibility index (Phi) is 11.3. The molecule has 1 atom stereocenters. The van der Waals surface area contributed by atoms with Crippen LogP contribution in [0.2, 0.25) is 0 Å². The minimum Gasteiger partial charge on any atom is -0.354 e. The Balaban J connectivity index is 1.80. The molecule has 0 aliphatic carbocycles. The monoisotopic (exact) mass is 611 g/mol. The molecular weight excluding hydrogens is 570 g/mol. The first-order chi connectivity index (χ1) is 21.2. The summed E-state index contributed by atoms with van der Waals surface area (Å²) in [5.74, 6) is -0.739. The molecule has 0 aliphatic heterocycles. The van der Waals surface area contributed by atoms with Crippen LogP contribution in [0.15, 0.2) is 114 Å². The number of sulfonamides is 1. The number of amides is 2. The largest absolute Gasteiger partial charge is 0.354 e. The number of rotatable bonds is 14. The highest BCUT2D eigenvalue weighted by molar-refractivity contribution is 7.92. The van der Waals surface area contributed by atoms with Crippen molar-refractivity contribution in [1.29, 1.82) is 0 Å². The summed E-state index contributed by atoms with van der Waals surface area (Å²) in [5, 5.41) is 3.02. The van der Waals surface area contributed by atoms with Crippen molar-refractivity contribution in [3.63, 3.8) is 0 Å². The van der Waals surface area contributed by atoms with E-state index in [1.165, 1.54) is 21.3 Å². The highest BCUT2D eigenvalue weighted by Crippen LogP contribution is 2.29. The molecule has 4 rings (SSSR count). The number of unbranched alkanes of at least 4 members (excludes halogenated alkanes) is 1. The van der Waals surface area contributed by atoms with Crippen LogP contribution in [-0.2, 0) is 32.6 Å². The lowest BCUT2D eigenvalue weighted by Crippen LogP contribution is -2.53. The lowest BCUT2D eigenvalue weighted by Gasteiger charge is -2.34. The van der Waals surface area contributed by atoms with Crippen LogP contribution in [0.5, 0.6) is 0 Å². The van der Waals surface area contributed by atoms with E-state index >= 15 is 0 Å². The van der Waals surface area contributed by atoms with Gasteiger partial charge in [0.25, 0.3) is 10.0 Å². The van der Waals surface area contributed by atoms with E-state index in [-0.39, 0.29) is 23.8 Å². The predicted octanol–water partition coefficient (Wildman–Crippen LogP) is 6.06. The second kappa shape index (κ2) is 15.3. The molecule has 0 heterocycles. The fourth-order valence-corrected chi connectivity index (χ4v) is 6.57. The zero-order valence-corrected chi connectivity index (χ0v) is 26.5. The second-order valence-electron chi connectivity index (χ2n) is 10.9. The maximum Gasteiger partial charge on any atom is 0.264 e. The van der Waals surface area contributed by atoms with E-state index in [0.717, 1.165) is 35.1 Å². The first-order valence-corrected chi connectivity index (χ1v) is 16.5. The van der Waals surface area contributed by atoms with Crippen LogP contribution in [0.25, 0.3) is 0 Å². The number of benzene rings is 4. The lowest BCUT2D eigenvalue weighted by atomic mass is 10.0. The summed E-state index contributed by atoms with van der Waals surface area (Å²) in [6, 6.07) is 31.7. The van der Waals surface area contributed by atoms with Gasteiger partial charge in [0, 0.05) is 19.5 Å². The van der Waals surface area contributed by atoms with E-state index in [2.05, 4.69) is 5.32 Å². The van der Waals surface area contributed by atoms with E-state index < -0.39 is 28.5 Å². The summed E-state index contributed by atoms with van der Waals surface area (Å²) in [6.45, 7) is 5.97. The van der Waals surface area contributed by atoms with E-state index in [4.69, 9.17) is 0 Å². The van der Waals surface area contributed by atoms with E-state index in [1.807, 2.05) is 87.5 Å². The zero-order chi connectivity index (χ0) is 31.5. The van der Waals surface area contributed by atoms with Gasteiger partial charge in [0.1, 0.15) is 12.6 Å². The predicted molar refractivity (Wildman–Crippen MR) is 176 cm³/mol. The summed E-state index contributed by atoms with van der Waals surface area (Å²) in [7, 11) is -4.13. The van der Waals surface area contributed by atoms with Gasteiger partial charge in [0.05, 0.1) is 10.6 Å². The first-order valence-electron chi connectivity index (χ1n) is 15.0. The van der Waals surface area contributed by atoms with Crippen molar-refractivity contribution in [2.75, 3.05) is 17.4 Å². The fourth-order valence-electron chi connectivity index (χ4n) is 5.08. The van der Waals surface area contributed by atoms with Gasteiger partial charge in [0.2, 0.25) is 11.8 Å². The molecule has 1 N–H and O–H groups in total. The number of nitrogens with one attached hydrogen (secondary N) is 1. The molecule has 0 saturated carbocycles. The standard InChI is InChI=1S/C36H41N3O4S/c1-4-5-24-37-36(41)34(25-30-17-9-6-10-18-30)38(26-31-19-11-7-12-20-31)35(40)27-39(33-23-15-16-28(2)29(33)3)44(42,43)32-21-13-8-14-22-32/h6-23,34H,4-5,24-27H2,1-3H3,(H,37,41)/t34-/m1/s1. The quantitative estimate of drug-likeness (QED) is 0.176. The van der Waals surface area contributed by atoms with E-state index in [0.29, 0.717) is 12.2 Å². The van der Waals surface area contributed by atoms with Crippen molar-refractivity contribution in [3.8, 4) is 0 Å². The Morgan fingerprint density at radius 2 is 1.36 bits per heavy atom. The number of nitrogens with zero attached hydrogens (tertiary/aromatic N) is 2. The Morgan fingerprint density at radius 3 is 1.98 bits per heavy atom. The molecule has 2 amide bonds. The van der Waals surface area contributed by atoms with Gasteiger partial charge >= 0.3 is 0 Å². The van der Waals surface area contributed by atoms with Gasteiger partial charge in [-0.05, 0) is 60.7 Å². The second-order valence-corrected chi connectivity index (χ2v) is 12.8. The van der Waals surface area contributed by atoms with Gasteiger partial charge < -0.3 is 10.2 Å². The number of anilines is 1. The Labute approximate surface area is 261 Å². The molecule has 0 aliphatic rings. The van der Waals surface area contributed by atoms with Crippen LogP contribution in [0.4, 0.5) is 5.69 Å². The van der Waals surface area contributed by atoms with Crippen LogP contribution in [-0.4, -0.2) is 44.3 Å². The third kappa shape index (κ3) is 8.14. The fraction of sp³-hybridized carbons (Fsp3) is 0.278. The molecule has 0 aromatic heterocycles. The highest BCUT2D eigenvalue weighted by atomic mass is 32.2. The molecule has 8 heteroatoms. The summed E-state index contributed by atoms with van der Waals surface area (Å²) >= 11 is 0. The van der Waals surface area contributed by atoms with Gasteiger partial charge in [0.15, 0.2) is 0 Å². The molecule has 0 spiro atoms. The number of aryl methyl sites for hydroxylation is 1. The van der Waals surface area contributed by atoms with Gasteiger partial charge in [-0.25, -0.2) is 8.42 Å². The van der Waals surface area contributed by atoms with Crippen molar-refractivity contribution in [2.24, 2.45) is 0 Å². The first kappa shape index (κ1) is 32.5. The van der Waals surface area contributed by atoms with Crippen molar-refractivity contribution in [3.05, 3.63) is 131 Å².